The van der Waals surface area contributed by atoms with E-state index in [-0.39, 0.29) is 17.3 Å². The van der Waals surface area contributed by atoms with Crippen molar-refractivity contribution >= 4 is 39.7 Å². The topological polar surface area (TPSA) is 26.0 Å². The van der Waals surface area contributed by atoms with Gasteiger partial charge >= 0.3 is 6.18 Å². The summed E-state index contributed by atoms with van der Waals surface area (Å²) in [5.74, 6) is 0. The number of nitrogens with two attached hydrogens (primary N) is 1. The van der Waals surface area contributed by atoms with Crippen LogP contribution in [0, 0.1) is 0 Å². The second-order valence-corrected chi connectivity index (χ2v) is 4.05. The molecule has 0 aliphatic carbocycles. The van der Waals surface area contributed by atoms with Gasteiger partial charge in [0, 0.05) is 14.7 Å². The normalized spacial score (nSPS) is 13.6. The van der Waals surface area contributed by atoms with Gasteiger partial charge < -0.3 is 5.73 Å². The molecule has 1 atom stereocenters. The fourth-order valence-corrected chi connectivity index (χ4v) is 2.12. The quantitative estimate of drug-likeness (QED) is 0.843. The molecule has 0 bridgehead atoms. The van der Waals surface area contributed by atoms with Crippen molar-refractivity contribution in [1.82, 2.24) is 0 Å². The Morgan fingerprint density at radius 1 is 1.46 bits per heavy atom. The first kappa shape index (κ1) is 13.2. The standard InChI is InChI=1S/C6H5BrF3NS.ClH/c7-3-1-4(12-2-3)5(11)6(8,9)10;/h1-2,5H,11H2;1H/t5-;/m0./s1. The van der Waals surface area contributed by atoms with Gasteiger partial charge in [-0.25, -0.2) is 0 Å². The SMILES string of the molecule is Cl.N[C@@H](c1cc(Br)cs1)C(F)(F)F. The number of hydrogen-bond acceptors (Lipinski definition) is 2. The van der Waals surface area contributed by atoms with Crippen LogP contribution in [0.3, 0.4) is 0 Å². The van der Waals surface area contributed by atoms with Crippen LogP contribution in [0.15, 0.2) is 15.9 Å². The van der Waals surface area contributed by atoms with Gasteiger partial charge in [0.2, 0.25) is 0 Å². The maximum Gasteiger partial charge on any atom is 0.408 e. The monoisotopic (exact) mass is 295 g/mol. The fraction of sp³-hybridized carbons (Fsp3) is 0.333. The predicted octanol–water partition coefficient (Wildman–Crippen LogP) is 3.49. The van der Waals surface area contributed by atoms with Crippen LogP contribution in [0.2, 0.25) is 0 Å². The van der Waals surface area contributed by atoms with Crippen molar-refractivity contribution in [3.63, 3.8) is 0 Å². The average Bonchev–Trinajstić information content (AvgIpc) is 2.32. The molecule has 0 fully saturated rings. The largest absolute Gasteiger partial charge is 0.408 e. The summed E-state index contributed by atoms with van der Waals surface area (Å²) in [5, 5.41) is 1.57. The molecule has 1 nitrogen and oxygen atoms in total. The molecule has 1 rings (SSSR count). The van der Waals surface area contributed by atoms with E-state index in [4.69, 9.17) is 5.73 Å². The van der Waals surface area contributed by atoms with Crippen molar-refractivity contribution < 1.29 is 13.2 Å². The molecule has 0 unspecified atom stereocenters. The molecule has 1 heterocycles. The van der Waals surface area contributed by atoms with Crippen LogP contribution in [0.25, 0.3) is 0 Å². The van der Waals surface area contributed by atoms with Crippen LogP contribution in [0.4, 0.5) is 13.2 Å². The van der Waals surface area contributed by atoms with E-state index in [1.165, 1.54) is 6.07 Å². The molecule has 76 valence electrons. The van der Waals surface area contributed by atoms with Gasteiger partial charge in [-0.15, -0.1) is 23.7 Å². The van der Waals surface area contributed by atoms with Crippen molar-refractivity contribution in [3.05, 3.63) is 20.8 Å². The highest BCUT2D eigenvalue weighted by molar-refractivity contribution is 9.10. The molecule has 0 saturated carbocycles. The summed E-state index contributed by atoms with van der Waals surface area (Å²) >= 11 is 4.05. The summed E-state index contributed by atoms with van der Waals surface area (Å²) < 4.78 is 36.7. The number of thiophene rings is 1. The second-order valence-electron chi connectivity index (χ2n) is 2.19. The van der Waals surface area contributed by atoms with E-state index in [2.05, 4.69) is 15.9 Å². The lowest BCUT2D eigenvalue weighted by Gasteiger charge is -2.12. The first-order chi connectivity index (χ1) is 5.41. The summed E-state index contributed by atoms with van der Waals surface area (Å²) in [6.07, 6.45) is -4.36. The molecule has 0 amide bonds. The molecule has 0 spiro atoms. The van der Waals surface area contributed by atoms with E-state index >= 15 is 0 Å². The van der Waals surface area contributed by atoms with Crippen molar-refractivity contribution in [2.45, 2.75) is 12.2 Å². The average molecular weight is 297 g/mol. The minimum Gasteiger partial charge on any atom is -0.316 e. The molecular weight excluding hydrogens is 290 g/mol. The van der Waals surface area contributed by atoms with E-state index in [0.29, 0.717) is 4.47 Å². The Balaban J connectivity index is 0.00000144. The van der Waals surface area contributed by atoms with Crippen LogP contribution in [0.5, 0.6) is 0 Å². The lowest BCUT2D eigenvalue weighted by Crippen LogP contribution is -2.27. The van der Waals surface area contributed by atoms with E-state index in [0.717, 1.165) is 11.3 Å². The molecule has 0 saturated heterocycles. The van der Waals surface area contributed by atoms with Gasteiger partial charge in [-0.05, 0) is 22.0 Å². The minimum atomic E-state index is -4.36. The molecular formula is C6H6BrClF3NS. The first-order valence-corrected chi connectivity index (χ1v) is 4.65. The Labute approximate surface area is 91.7 Å². The Hall–Kier alpha value is 0.220. The third-order valence-corrected chi connectivity index (χ3v) is 3.02. The zero-order valence-electron chi connectivity index (χ0n) is 6.14. The third-order valence-electron chi connectivity index (χ3n) is 1.25. The maximum absolute atomic E-state index is 12.0. The van der Waals surface area contributed by atoms with Gasteiger partial charge in [0.15, 0.2) is 0 Å². The molecule has 13 heavy (non-hydrogen) atoms. The van der Waals surface area contributed by atoms with Crippen molar-refractivity contribution in [1.29, 1.82) is 0 Å². The Kier molecular flexibility index (Phi) is 4.71. The molecule has 0 radical (unpaired) electrons. The van der Waals surface area contributed by atoms with E-state index in [1.807, 2.05) is 0 Å². The van der Waals surface area contributed by atoms with Gasteiger partial charge in [0.1, 0.15) is 6.04 Å². The molecule has 0 aliphatic rings. The number of hydrogen-bond donors (Lipinski definition) is 1. The van der Waals surface area contributed by atoms with Crippen molar-refractivity contribution in [3.8, 4) is 0 Å². The summed E-state index contributed by atoms with van der Waals surface area (Å²) in [4.78, 5) is 0.120. The van der Waals surface area contributed by atoms with Crippen LogP contribution >= 0.6 is 39.7 Å². The summed E-state index contributed by atoms with van der Waals surface area (Å²) in [7, 11) is 0. The zero-order valence-corrected chi connectivity index (χ0v) is 9.36. The third kappa shape index (κ3) is 3.46. The smallest absolute Gasteiger partial charge is 0.316 e. The fourth-order valence-electron chi connectivity index (χ4n) is 0.653. The van der Waals surface area contributed by atoms with Crippen molar-refractivity contribution in [2.75, 3.05) is 0 Å². The molecule has 0 aliphatic heterocycles. The second kappa shape index (κ2) is 4.63. The Morgan fingerprint density at radius 3 is 2.31 bits per heavy atom. The molecule has 1 aromatic heterocycles. The molecule has 1 aromatic rings. The number of halogens is 5. The van der Waals surface area contributed by atoms with E-state index < -0.39 is 12.2 Å². The molecule has 2 N–H and O–H groups in total. The van der Waals surface area contributed by atoms with Gasteiger partial charge in [-0.3, -0.25) is 0 Å². The van der Waals surface area contributed by atoms with Gasteiger partial charge in [0.25, 0.3) is 0 Å². The molecule has 7 heteroatoms. The van der Waals surface area contributed by atoms with E-state index in [1.54, 1.807) is 5.38 Å². The Bertz CT molecular complexity index is 275. The van der Waals surface area contributed by atoms with Gasteiger partial charge in [0.05, 0.1) is 0 Å². The first-order valence-electron chi connectivity index (χ1n) is 2.97. The maximum atomic E-state index is 12.0. The van der Waals surface area contributed by atoms with Crippen LogP contribution in [-0.4, -0.2) is 6.18 Å². The lowest BCUT2D eigenvalue weighted by molar-refractivity contribution is -0.148. The Morgan fingerprint density at radius 2 is 2.00 bits per heavy atom. The zero-order chi connectivity index (χ0) is 9.35. The summed E-state index contributed by atoms with van der Waals surface area (Å²) in [6.45, 7) is 0. The summed E-state index contributed by atoms with van der Waals surface area (Å²) in [5.41, 5.74) is 4.95. The highest BCUT2D eigenvalue weighted by atomic mass is 79.9. The number of alkyl halides is 3. The van der Waals surface area contributed by atoms with Gasteiger partial charge in [-0.1, -0.05) is 0 Å². The minimum absolute atomic E-state index is 0. The highest BCUT2D eigenvalue weighted by Gasteiger charge is 2.38. The van der Waals surface area contributed by atoms with Crippen LogP contribution in [0.1, 0.15) is 10.9 Å². The van der Waals surface area contributed by atoms with Crippen molar-refractivity contribution in [2.24, 2.45) is 5.73 Å². The number of rotatable bonds is 1. The molecule has 0 aromatic carbocycles. The summed E-state index contributed by atoms with van der Waals surface area (Å²) in [6, 6.07) is -0.489. The van der Waals surface area contributed by atoms with Crippen LogP contribution < -0.4 is 5.73 Å². The van der Waals surface area contributed by atoms with Crippen LogP contribution in [-0.2, 0) is 0 Å². The van der Waals surface area contributed by atoms with E-state index in [9.17, 15) is 13.2 Å². The predicted molar refractivity (Wildman–Crippen MR) is 52.3 cm³/mol. The highest BCUT2D eigenvalue weighted by Crippen LogP contribution is 2.34. The lowest BCUT2D eigenvalue weighted by atomic mass is 10.2. The van der Waals surface area contributed by atoms with Gasteiger partial charge in [-0.2, -0.15) is 13.2 Å².